The highest BCUT2D eigenvalue weighted by molar-refractivity contribution is 7.17. The highest BCUT2D eigenvalue weighted by Crippen LogP contribution is 2.29. The van der Waals surface area contributed by atoms with Crippen molar-refractivity contribution in [1.82, 2.24) is 0 Å². The van der Waals surface area contributed by atoms with Gasteiger partial charge in [-0.1, -0.05) is 0 Å². The third-order valence-corrected chi connectivity index (χ3v) is 3.11. The zero-order chi connectivity index (χ0) is 11.7. The lowest BCUT2D eigenvalue weighted by Gasteiger charge is -1.92. The Morgan fingerprint density at radius 3 is 2.88 bits per heavy atom. The van der Waals surface area contributed by atoms with E-state index in [2.05, 4.69) is 4.84 Å². The molecule has 0 saturated heterocycles. The molecule has 1 aromatic heterocycles. The average Bonchev–Trinajstić information content (AvgIpc) is 2.70. The zero-order valence-corrected chi connectivity index (χ0v) is 9.15. The van der Waals surface area contributed by atoms with Gasteiger partial charge >= 0.3 is 11.7 Å². The molecule has 1 aromatic carbocycles. The molecule has 0 aliphatic heterocycles. The predicted molar refractivity (Wildman–Crippen MR) is 59.1 cm³/mol. The van der Waals surface area contributed by atoms with Gasteiger partial charge in [0.2, 0.25) is 0 Å². The fourth-order valence-corrected chi connectivity index (χ4v) is 2.37. The van der Waals surface area contributed by atoms with Gasteiger partial charge < -0.3 is 5.11 Å². The smallest absolute Gasteiger partial charge is 0.337 e. The van der Waals surface area contributed by atoms with Gasteiger partial charge in [-0.25, -0.2) is 9.63 Å². The highest BCUT2D eigenvalue weighted by Gasteiger charge is 2.17. The largest absolute Gasteiger partial charge is 0.478 e. The number of carboxylic acid groups (broad SMARTS) is 1. The van der Waals surface area contributed by atoms with Crippen molar-refractivity contribution in [2.24, 2.45) is 0 Å². The second kappa shape index (κ2) is 3.90. The van der Waals surface area contributed by atoms with E-state index in [1.54, 1.807) is 17.5 Å². The number of nitrogens with zero attached hydrogens (tertiary/aromatic N) is 1. The van der Waals surface area contributed by atoms with E-state index >= 15 is 0 Å². The summed E-state index contributed by atoms with van der Waals surface area (Å²) >= 11 is 1.28. The molecule has 6 heteroatoms. The third-order valence-electron chi connectivity index (χ3n) is 2.17. The maximum Gasteiger partial charge on any atom is 0.337 e. The van der Waals surface area contributed by atoms with E-state index in [9.17, 15) is 9.70 Å². The van der Waals surface area contributed by atoms with Crippen LogP contribution >= 0.6 is 11.3 Å². The van der Waals surface area contributed by atoms with E-state index in [-0.39, 0.29) is 5.56 Å². The molecule has 1 heterocycles. The first-order chi connectivity index (χ1) is 7.63. The first-order valence-electron chi connectivity index (χ1n) is 4.39. The van der Waals surface area contributed by atoms with Crippen molar-refractivity contribution in [3.05, 3.63) is 34.0 Å². The monoisotopic (exact) mass is 238 g/mol. The maximum absolute atomic E-state index is 11.2. The minimum atomic E-state index is -0.968. The van der Waals surface area contributed by atoms with Crippen LogP contribution in [0.2, 0.25) is 0 Å². The van der Waals surface area contributed by atoms with E-state index in [1.807, 2.05) is 0 Å². The topological polar surface area (TPSA) is 66.6 Å². The fourth-order valence-electron chi connectivity index (χ4n) is 1.40. The van der Waals surface area contributed by atoms with Crippen LogP contribution in [0.5, 0.6) is 0 Å². The number of aromatic carboxylic acids is 1. The summed E-state index contributed by atoms with van der Waals surface area (Å²) in [6.45, 7) is 0. The van der Waals surface area contributed by atoms with E-state index < -0.39 is 5.97 Å². The SMILES string of the molecule is CO[N+](=O)c1ccc2c(C(=O)O)csc2c1. The van der Waals surface area contributed by atoms with Gasteiger partial charge in [-0.05, 0) is 6.07 Å². The van der Waals surface area contributed by atoms with Crippen LogP contribution in [-0.4, -0.2) is 23.1 Å². The Morgan fingerprint density at radius 2 is 2.25 bits per heavy atom. The van der Waals surface area contributed by atoms with Crippen LogP contribution in [0.4, 0.5) is 5.69 Å². The van der Waals surface area contributed by atoms with Gasteiger partial charge in [-0.3, -0.25) is 0 Å². The summed E-state index contributed by atoms with van der Waals surface area (Å²) in [6, 6.07) is 4.73. The number of thiophene rings is 1. The quantitative estimate of drug-likeness (QED) is 0.834. The molecule has 16 heavy (non-hydrogen) atoms. The number of hydrogen-bond acceptors (Lipinski definition) is 4. The van der Waals surface area contributed by atoms with Crippen molar-refractivity contribution in [1.29, 1.82) is 0 Å². The van der Waals surface area contributed by atoms with Crippen molar-refractivity contribution in [2.45, 2.75) is 0 Å². The van der Waals surface area contributed by atoms with Crippen LogP contribution in [0.25, 0.3) is 10.1 Å². The van der Waals surface area contributed by atoms with Gasteiger partial charge in [0.15, 0.2) is 7.11 Å². The van der Waals surface area contributed by atoms with Crippen LogP contribution in [0.15, 0.2) is 23.6 Å². The number of carboxylic acids is 1. The summed E-state index contributed by atoms with van der Waals surface area (Å²) in [6.07, 6.45) is 0. The third kappa shape index (κ3) is 1.63. The van der Waals surface area contributed by atoms with Crippen LogP contribution in [0.3, 0.4) is 0 Å². The first-order valence-corrected chi connectivity index (χ1v) is 5.27. The Morgan fingerprint density at radius 1 is 1.50 bits per heavy atom. The molecule has 1 N–H and O–H groups in total. The van der Waals surface area contributed by atoms with Crippen molar-refractivity contribution in [2.75, 3.05) is 7.11 Å². The molecule has 0 aliphatic rings. The van der Waals surface area contributed by atoms with Gasteiger partial charge in [-0.2, -0.15) is 0 Å². The van der Waals surface area contributed by atoms with E-state index in [0.717, 1.165) is 4.70 Å². The Hall–Kier alpha value is -1.95. The van der Waals surface area contributed by atoms with E-state index in [0.29, 0.717) is 16.0 Å². The molecule has 0 spiro atoms. The number of fused-ring (bicyclic) bond motifs is 1. The molecule has 0 amide bonds. The highest BCUT2D eigenvalue weighted by atomic mass is 32.1. The van der Waals surface area contributed by atoms with Gasteiger partial charge in [0.25, 0.3) is 4.92 Å². The molecule has 2 aromatic rings. The molecule has 82 valence electrons. The van der Waals surface area contributed by atoms with Crippen LogP contribution in [0.1, 0.15) is 10.4 Å². The molecule has 0 fully saturated rings. The summed E-state index contributed by atoms with van der Waals surface area (Å²) in [5.41, 5.74) is 0.593. The Labute approximate surface area is 94.4 Å². The summed E-state index contributed by atoms with van der Waals surface area (Å²) in [5.74, 6) is -0.968. The van der Waals surface area contributed by atoms with Gasteiger partial charge in [0.1, 0.15) is 0 Å². The summed E-state index contributed by atoms with van der Waals surface area (Å²) in [4.78, 5) is 26.9. The molecule has 0 unspecified atom stereocenters. The van der Waals surface area contributed by atoms with Gasteiger partial charge in [0.05, 0.1) is 10.5 Å². The van der Waals surface area contributed by atoms with Crippen LogP contribution < -0.4 is 0 Å². The summed E-state index contributed by atoms with van der Waals surface area (Å²) < 4.78 is 0.743. The lowest BCUT2D eigenvalue weighted by atomic mass is 10.2. The minimum absolute atomic E-state index is 0.251. The Bertz CT molecular complexity index is 575. The molecule has 0 bridgehead atoms. The lowest BCUT2D eigenvalue weighted by Crippen LogP contribution is -1.97. The Kier molecular flexibility index (Phi) is 2.57. The average molecular weight is 238 g/mol. The minimum Gasteiger partial charge on any atom is -0.478 e. The molecule has 0 saturated carbocycles. The number of rotatable bonds is 3. The molecule has 0 radical (unpaired) electrons. The van der Waals surface area contributed by atoms with Crippen LogP contribution in [0, 0.1) is 4.91 Å². The second-order valence-corrected chi connectivity index (χ2v) is 3.99. The number of hydrogen-bond donors (Lipinski definition) is 1. The summed E-state index contributed by atoms with van der Waals surface area (Å²) in [5, 5.41) is 11.1. The van der Waals surface area contributed by atoms with Crippen molar-refractivity contribution < 1.29 is 19.7 Å². The Balaban J connectivity index is 2.57. The van der Waals surface area contributed by atoms with Crippen molar-refractivity contribution >= 4 is 33.1 Å². The zero-order valence-electron chi connectivity index (χ0n) is 8.34. The van der Waals surface area contributed by atoms with Crippen molar-refractivity contribution in [3.8, 4) is 0 Å². The van der Waals surface area contributed by atoms with Gasteiger partial charge in [-0.15, -0.1) is 11.3 Å². The molecule has 0 aliphatic carbocycles. The summed E-state index contributed by atoms with van der Waals surface area (Å²) in [7, 11) is 1.27. The van der Waals surface area contributed by atoms with Crippen molar-refractivity contribution in [3.63, 3.8) is 0 Å². The molecule has 5 nitrogen and oxygen atoms in total. The number of carbonyl (C=O) groups is 1. The van der Waals surface area contributed by atoms with Gasteiger partial charge in [0, 0.05) is 27.6 Å². The van der Waals surface area contributed by atoms with Crippen LogP contribution in [-0.2, 0) is 4.84 Å². The second-order valence-electron chi connectivity index (χ2n) is 3.07. The maximum atomic E-state index is 11.2. The van der Waals surface area contributed by atoms with E-state index in [4.69, 9.17) is 5.11 Å². The molecular formula is C10H8NO4S+. The number of benzene rings is 1. The standard InChI is InChI=1S/C10H7NO4S/c1-15-11(14)6-2-3-7-8(10(12)13)5-16-9(7)4-6/h2-5H,1H3/p+1. The first kappa shape index (κ1) is 10.6. The fraction of sp³-hybridized carbons (Fsp3) is 0.100. The molecular weight excluding hydrogens is 230 g/mol. The normalized spacial score (nSPS) is 10.3. The predicted octanol–water partition coefficient (Wildman–Crippen LogP) is 2.57. The molecule has 0 atom stereocenters. The molecule has 2 rings (SSSR count). The lowest BCUT2D eigenvalue weighted by molar-refractivity contribution is -0.736. The van der Waals surface area contributed by atoms with E-state index in [1.165, 1.54) is 24.5 Å².